The number of carboxylic acids is 2. The summed E-state index contributed by atoms with van der Waals surface area (Å²) in [5.41, 5.74) is 22.7. The number of carbonyl (C=O) groups is 6. The van der Waals surface area contributed by atoms with Gasteiger partial charge in [-0.15, -0.1) is 0 Å². The number of nitrogens with two attached hydrogens (primary N) is 4. The quantitative estimate of drug-likeness (QED) is 0.0336. The van der Waals surface area contributed by atoms with Gasteiger partial charge in [0, 0.05) is 19.4 Å². The Labute approximate surface area is 284 Å². The van der Waals surface area contributed by atoms with Crippen molar-refractivity contribution in [2.45, 2.75) is 95.4 Å². The van der Waals surface area contributed by atoms with Gasteiger partial charge in [0.25, 0.3) is 0 Å². The highest BCUT2D eigenvalue weighted by atomic mass is 16.4. The van der Waals surface area contributed by atoms with Crippen molar-refractivity contribution >= 4 is 41.5 Å². The van der Waals surface area contributed by atoms with Crippen molar-refractivity contribution in [3.05, 3.63) is 29.8 Å². The molecule has 0 unspecified atom stereocenters. The first-order valence-corrected chi connectivity index (χ1v) is 16.0. The van der Waals surface area contributed by atoms with Crippen LogP contribution in [-0.2, 0) is 35.2 Å². The molecular weight excluding hydrogens is 642 g/mol. The third-order valence-electron chi connectivity index (χ3n) is 7.40. The third kappa shape index (κ3) is 16.6. The van der Waals surface area contributed by atoms with E-state index in [0.29, 0.717) is 31.4 Å². The highest BCUT2D eigenvalue weighted by Gasteiger charge is 2.33. The van der Waals surface area contributed by atoms with Crippen LogP contribution in [0.5, 0.6) is 5.75 Å². The number of carboxylic acid groups (broad SMARTS) is 2. The topological polar surface area (TPSA) is 328 Å². The number of benzene rings is 1. The standard InChI is InChI=1S/C31H51N9O9/c1-17(2)25(29(47)39-23(30(48)49)16-18-8-10-19(41)11-9-18)40-28(46)22(12-13-24(42)43)38-27(45)21(7-3-4-14-32)37-26(44)20(33)6-5-15-36-31(34)35/h8-11,17,20-23,25,41H,3-7,12-16,32-33H2,1-2H3,(H,37,44)(H,38,45)(H,39,47)(H,40,46)(H,42,43)(H,48,49)(H4,34,35,36)/t20-,21+,22-,23-,25-/m0/s1. The zero-order valence-electron chi connectivity index (χ0n) is 27.9. The van der Waals surface area contributed by atoms with Gasteiger partial charge >= 0.3 is 11.9 Å². The van der Waals surface area contributed by atoms with Gasteiger partial charge in [0.2, 0.25) is 23.6 Å². The maximum Gasteiger partial charge on any atom is 0.326 e. The number of carbonyl (C=O) groups excluding carboxylic acids is 4. The van der Waals surface area contributed by atoms with E-state index in [2.05, 4.69) is 26.3 Å². The number of hydrogen-bond acceptors (Lipinski definition) is 10. The number of phenolic OH excluding ortho intramolecular Hbond substituents is 1. The molecule has 49 heavy (non-hydrogen) atoms. The Hall–Kier alpha value is -4.97. The minimum Gasteiger partial charge on any atom is -0.508 e. The first kappa shape index (κ1) is 42.1. The number of nitrogens with one attached hydrogen (secondary N) is 4. The first-order chi connectivity index (χ1) is 23.0. The van der Waals surface area contributed by atoms with Crippen LogP contribution in [0, 0.1) is 5.92 Å². The Kier molecular flexibility index (Phi) is 18.7. The SMILES string of the molecule is CC(C)[C@H](NC(=O)[C@H](CCC(=O)O)NC(=O)[C@@H](CCCCN)NC(=O)[C@@H](N)CCCN=C(N)N)C(=O)N[C@@H](Cc1ccc(O)cc1)C(=O)O. The summed E-state index contributed by atoms with van der Waals surface area (Å²) < 4.78 is 0. The van der Waals surface area contributed by atoms with Crippen molar-refractivity contribution in [3.8, 4) is 5.75 Å². The number of aliphatic imine (C=N–C) groups is 1. The largest absolute Gasteiger partial charge is 0.508 e. The third-order valence-corrected chi connectivity index (χ3v) is 7.40. The van der Waals surface area contributed by atoms with Gasteiger partial charge in [-0.1, -0.05) is 26.0 Å². The van der Waals surface area contributed by atoms with Crippen molar-refractivity contribution in [2.75, 3.05) is 13.1 Å². The molecule has 18 heteroatoms. The molecular formula is C31H51N9O9. The second kappa shape index (κ2) is 21.8. The predicted molar refractivity (Wildman–Crippen MR) is 180 cm³/mol. The molecule has 0 bridgehead atoms. The van der Waals surface area contributed by atoms with E-state index in [1.807, 2.05) is 0 Å². The van der Waals surface area contributed by atoms with Gasteiger partial charge in [0.15, 0.2) is 5.96 Å². The molecule has 0 saturated carbocycles. The van der Waals surface area contributed by atoms with Crippen LogP contribution in [0.2, 0.25) is 0 Å². The number of aromatic hydroxyl groups is 1. The van der Waals surface area contributed by atoms with Crippen molar-refractivity contribution in [3.63, 3.8) is 0 Å². The summed E-state index contributed by atoms with van der Waals surface area (Å²) in [7, 11) is 0. The number of aliphatic carboxylic acids is 2. The van der Waals surface area contributed by atoms with Gasteiger partial charge in [0.1, 0.15) is 29.9 Å². The highest BCUT2D eigenvalue weighted by molar-refractivity contribution is 5.95. The molecule has 0 radical (unpaired) electrons. The average molecular weight is 694 g/mol. The molecule has 274 valence electrons. The van der Waals surface area contributed by atoms with E-state index < -0.39 is 78.1 Å². The fraction of sp³-hybridized carbons (Fsp3) is 0.581. The highest BCUT2D eigenvalue weighted by Crippen LogP contribution is 2.13. The number of hydrogen-bond donors (Lipinski definition) is 11. The summed E-state index contributed by atoms with van der Waals surface area (Å²) in [6.07, 6.45) is 0.711. The predicted octanol–water partition coefficient (Wildman–Crippen LogP) is -2.01. The zero-order chi connectivity index (χ0) is 37.1. The van der Waals surface area contributed by atoms with Crippen LogP contribution >= 0.6 is 0 Å². The van der Waals surface area contributed by atoms with E-state index >= 15 is 0 Å². The molecule has 15 N–H and O–H groups in total. The lowest BCUT2D eigenvalue weighted by Gasteiger charge is -2.28. The van der Waals surface area contributed by atoms with E-state index in [0.717, 1.165) is 0 Å². The minimum atomic E-state index is -1.44. The molecule has 0 aliphatic carbocycles. The van der Waals surface area contributed by atoms with Gasteiger partial charge in [-0.25, -0.2) is 4.79 Å². The van der Waals surface area contributed by atoms with E-state index in [1.165, 1.54) is 24.3 Å². The molecule has 18 nitrogen and oxygen atoms in total. The number of guanidine groups is 1. The van der Waals surface area contributed by atoms with Crippen LogP contribution in [0.1, 0.15) is 64.4 Å². The average Bonchev–Trinajstić information content (AvgIpc) is 3.03. The van der Waals surface area contributed by atoms with E-state index in [9.17, 15) is 44.1 Å². The zero-order valence-corrected chi connectivity index (χ0v) is 27.9. The summed E-state index contributed by atoms with van der Waals surface area (Å²) in [5, 5.41) is 38.5. The number of nitrogens with zero attached hydrogens (tertiary/aromatic N) is 1. The molecule has 1 rings (SSSR count). The molecule has 1 aromatic rings. The van der Waals surface area contributed by atoms with Crippen molar-refractivity contribution in [1.29, 1.82) is 0 Å². The Balaban J connectivity index is 3.11. The Bertz CT molecular complexity index is 1290. The summed E-state index contributed by atoms with van der Waals surface area (Å²) in [5.74, 6) is -6.39. The summed E-state index contributed by atoms with van der Waals surface area (Å²) in [6, 6.07) is -0.484. The van der Waals surface area contributed by atoms with Crippen LogP contribution in [0.4, 0.5) is 0 Å². The summed E-state index contributed by atoms with van der Waals surface area (Å²) >= 11 is 0. The normalized spacial score (nSPS) is 14.0. The van der Waals surface area contributed by atoms with Crippen LogP contribution in [0.3, 0.4) is 0 Å². The van der Waals surface area contributed by atoms with Gasteiger partial charge in [-0.2, -0.15) is 0 Å². The van der Waals surface area contributed by atoms with Gasteiger partial charge in [-0.3, -0.25) is 29.0 Å². The summed E-state index contributed by atoms with van der Waals surface area (Å²) in [4.78, 5) is 80.2. The maximum absolute atomic E-state index is 13.5. The molecule has 0 aliphatic rings. The first-order valence-electron chi connectivity index (χ1n) is 16.0. The lowest BCUT2D eigenvalue weighted by atomic mass is 10.00. The minimum absolute atomic E-state index is 0.0179. The maximum atomic E-state index is 13.5. The van der Waals surface area contributed by atoms with Crippen LogP contribution in [0.15, 0.2) is 29.3 Å². The molecule has 5 atom stereocenters. The molecule has 0 spiro atoms. The smallest absolute Gasteiger partial charge is 0.326 e. The second-order valence-corrected chi connectivity index (χ2v) is 11.9. The van der Waals surface area contributed by atoms with E-state index in [-0.39, 0.29) is 43.9 Å². The second-order valence-electron chi connectivity index (χ2n) is 11.9. The molecule has 0 saturated heterocycles. The monoisotopic (exact) mass is 693 g/mol. The Morgan fingerprint density at radius 2 is 1.33 bits per heavy atom. The lowest BCUT2D eigenvalue weighted by Crippen LogP contribution is -2.59. The number of phenols is 1. The van der Waals surface area contributed by atoms with Crippen molar-refractivity contribution in [2.24, 2.45) is 33.8 Å². The molecule has 4 amide bonds. The van der Waals surface area contributed by atoms with Crippen molar-refractivity contribution in [1.82, 2.24) is 21.3 Å². The molecule has 0 heterocycles. The van der Waals surface area contributed by atoms with Gasteiger partial charge in [-0.05, 0) is 68.7 Å². The number of unbranched alkanes of at least 4 members (excludes halogenated alkanes) is 1. The Morgan fingerprint density at radius 1 is 0.755 bits per heavy atom. The van der Waals surface area contributed by atoms with E-state index in [1.54, 1.807) is 13.8 Å². The van der Waals surface area contributed by atoms with Crippen LogP contribution in [0.25, 0.3) is 0 Å². The van der Waals surface area contributed by atoms with E-state index in [4.69, 9.17) is 22.9 Å². The number of amides is 4. The number of rotatable bonds is 23. The molecule has 0 aliphatic heterocycles. The van der Waals surface area contributed by atoms with Gasteiger partial charge < -0.3 is 59.5 Å². The van der Waals surface area contributed by atoms with Crippen LogP contribution in [-0.4, -0.2) is 100 Å². The van der Waals surface area contributed by atoms with Gasteiger partial charge in [0.05, 0.1) is 6.04 Å². The molecule has 0 fully saturated rings. The fourth-order valence-electron chi connectivity index (χ4n) is 4.62. The summed E-state index contributed by atoms with van der Waals surface area (Å²) in [6.45, 7) is 3.78. The fourth-order valence-corrected chi connectivity index (χ4v) is 4.62. The Morgan fingerprint density at radius 3 is 1.88 bits per heavy atom. The molecule has 0 aromatic heterocycles. The van der Waals surface area contributed by atoms with Crippen molar-refractivity contribution < 1.29 is 44.1 Å². The molecule has 1 aromatic carbocycles. The lowest BCUT2D eigenvalue weighted by molar-refractivity contribution is -0.142. The van der Waals surface area contributed by atoms with Crippen LogP contribution < -0.4 is 44.2 Å².